The largest absolute Gasteiger partial charge is 0.481 e. The lowest BCUT2D eigenvalue weighted by Crippen LogP contribution is -2.47. The molecule has 3 N–H and O–H groups in total. The van der Waals surface area contributed by atoms with E-state index in [0.717, 1.165) is 5.56 Å². The molecular formula is C19H28N2O4. The molecule has 0 spiro atoms. The Morgan fingerprint density at radius 2 is 1.84 bits per heavy atom. The second kappa shape index (κ2) is 8.34. The Hall–Kier alpha value is -2.08. The van der Waals surface area contributed by atoms with Crippen LogP contribution in [0.4, 0.5) is 4.79 Å². The minimum absolute atomic E-state index is 0.0146. The number of carboxylic acids is 1. The molecule has 6 nitrogen and oxygen atoms in total. The zero-order valence-electron chi connectivity index (χ0n) is 14.9. The van der Waals surface area contributed by atoms with Crippen LogP contribution in [0.2, 0.25) is 0 Å². The predicted octanol–water partition coefficient (Wildman–Crippen LogP) is 2.29. The Morgan fingerprint density at radius 3 is 2.36 bits per heavy atom. The highest BCUT2D eigenvalue weighted by Crippen LogP contribution is 2.34. The highest BCUT2D eigenvalue weighted by molar-refractivity contribution is 5.75. The van der Waals surface area contributed by atoms with Crippen LogP contribution >= 0.6 is 0 Å². The zero-order chi connectivity index (χ0) is 18.4. The van der Waals surface area contributed by atoms with Crippen molar-refractivity contribution < 1.29 is 19.8 Å². The molecule has 0 aliphatic carbocycles. The lowest BCUT2D eigenvalue weighted by atomic mass is 9.75. The summed E-state index contributed by atoms with van der Waals surface area (Å²) in [5.41, 5.74) is 0.705. The number of hydrogen-bond acceptors (Lipinski definition) is 3. The molecule has 2 rings (SSSR count). The number of nitrogens with zero attached hydrogens (tertiary/aromatic N) is 1. The molecule has 0 aromatic heterocycles. The van der Waals surface area contributed by atoms with Gasteiger partial charge in [0.15, 0.2) is 0 Å². The molecule has 6 heteroatoms. The van der Waals surface area contributed by atoms with Gasteiger partial charge in [0.2, 0.25) is 0 Å². The molecule has 0 bridgehead atoms. The fourth-order valence-electron chi connectivity index (χ4n) is 3.27. The number of carbonyl (C=O) groups is 2. The molecule has 1 aliphatic rings. The number of aliphatic hydroxyl groups is 1. The van der Waals surface area contributed by atoms with Crippen molar-refractivity contribution in [2.45, 2.75) is 32.6 Å². The van der Waals surface area contributed by atoms with Crippen molar-refractivity contribution >= 4 is 12.0 Å². The number of rotatable bonds is 6. The normalized spacial score (nSPS) is 17.2. The maximum atomic E-state index is 12.4. The smallest absolute Gasteiger partial charge is 0.317 e. The van der Waals surface area contributed by atoms with Crippen molar-refractivity contribution in [2.24, 2.45) is 11.3 Å². The standard InChI is InChI=1S/C19H28N2O4/c1-19(2,13-22)16(14-6-4-3-5-7-14)12-20-18(25)21-10-8-15(9-11-21)17(23)24/h3-7,15-16,22H,8-13H2,1-2H3,(H,20,25)(H,23,24). The van der Waals surface area contributed by atoms with Gasteiger partial charge in [0.1, 0.15) is 0 Å². The zero-order valence-corrected chi connectivity index (χ0v) is 14.9. The average Bonchev–Trinajstić information content (AvgIpc) is 2.62. The third kappa shape index (κ3) is 4.95. The molecule has 0 radical (unpaired) electrons. The number of aliphatic hydroxyl groups excluding tert-OH is 1. The SMILES string of the molecule is CC(C)(CO)C(CNC(=O)N1CCC(C(=O)O)CC1)c1ccccc1. The van der Waals surface area contributed by atoms with Crippen LogP contribution in [0.3, 0.4) is 0 Å². The molecule has 1 aliphatic heterocycles. The van der Waals surface area contributed by atoms with E-state index in [1.165, 1.54) is 0 Å². The number of urea groups is 1. The Kier molecular flexibility index (Phi) is 6.42. The highest BCUT2D eigenvalue weighted by Gasteiger charge is 2.32. The van der Waals surface area contributed by atoms with Gasteiger partial charge in [-0.1, -0.05) is 44.2 Å². The highest BCUT2D eigenvalue weighted by atomic mass is 16.4. The summed E-state index contributed by atoms with van der Waals surface area (Å²) < 4.78 is 0. The van der Waals surface area contributed by atoms with Crippen LogP contribution in [-0.4, -0.2) is 53.4 Å². The van der Waals surface area contributed by atoms with Gasteiger partial charge in [-0.05, 0) is 23.8 Å². The summed E-state index contributed by atoms with van der Waals surface area (Å²) in [6, 6.07) is 9.69. The van der Waals surface area contributed by atoms with Crippen molar-refractivity contribution in [2.75, 3.05) is 26.2 Å². The first-order valence-corrected chi connectivity index (χ1v) is 8.76. The molecule has 0 saturated carbocycles. The summed E-state index contributed by atoms with van der Waals surface area (Å²) in [7, 11) is 0. The van der Waals surface area contributed by atoms with Crippen LogP contribution in [0.25, 0.3) is 0 Å². The summed E-state index contributed by atoms with van der Waals surface area (Å²) >= 11 is 0. The average molecular weight is 348 g/mol. The first-order valence-electron chi connectivity index (χ1n) is 8.76. The van der Waals surface area contributed by atoms with Gasteiger partial charge >= 0.3 is 12.0 Å². The van der Waals surface area contributed by atoms with Gasteiger partial charge in [-0.25, -0.2) is 4.79 Å². The Bertz CT molecular complexity index is 580. The fourth-order valence-corrected chi connectivity index (χ4v) is 3.27. The maximum absolute atomic E-state index is 12.4. The number of hydrogen-bond donors (Lipinski definition) is 3. The van der Waals surface area contributed by atoms with E-state index in [1.54, 1.807) is 4.90 Å². The molecule has 25 heavy (non-hydrogen) atoms. The van der Waals surface area contributed by atoms with Gasteiger partial charge in [-0.15, -0.1) is 0 Å². The number of likely N-dealkylation sites (tertiary alicyclic amines) is 1. The lowest BCUT2D eigenvalue weighted by molar-refractivity contribution is -0.143. The van der Waals surface area contributed by atoms with E-state index in [0.29, 0.717) is 32.5 Å². The van der Waals surface area contributed by atoms with E-state index >= 15 is 0 Å². The summed E-state index contributed by atoms with van der Waals surface area (Å²) in [6.07, 6.45) is 0.986. The summed E-state index contributed by atoms with van der Waals surface area (Å²) in [6.45, 7) is 5.33. The first-order chi connectivity index (χ1) is 11.8. The summed E-state index contributed by atoms with van der Waals surface area (Å²) in [5.74, 6) is -1.15. The second-order valence-electron chi connectivity index (χ2n) is 7.40. The second-order valence-corrected chi connectivity index (χ2v) is 7.40. The van der Waals surface area contributed by atoms with Crippen LogP contribution in [0.1, 0.15) is 38.2 Å². The molecule has 2 amide bonds. The number of nitrogens with one attached hydrogen (secondary N) is 1. The number of carboxylic acid groups (broad SMARTS) is 1. The van der Waals surface area contributed by atoms with Crippen molar-refractivity contribution in [3.8, 4) is 0 Å². The minimum Gasteiger partial charge on any atom is -0.481 e. The van der Waals surface area contributed by atoms with Gasteiger partial charge in [-0.2, -0.15) is 0 Å². The Labute approximate surface area is 148 Å². The monoisotopic (exact) mass is 348 g/mol. The van der Waals surface area contributed by atoms with Crippen molar-refractivity contribution in [3.63, 3.8) is 0 Å². The number of aliphatic carboxylic acids is 1. The van der Waals surface area contributed by atoms with Gasteiger partial charge < -0.3 is 20.4 Å². The Balaban J connectivity index is 1.97. The van der Waals surface area contributed by atoms with E-state index in [-0.39, 0.29) is 29.9 Å². The third-order valence-electron chi connectivity index (χ3n) is 5.14. The Morgan fingerprint density at radius 1 is 1.24 bits per heavy atom. The number of carbonyl (C=O) groups excluding carboxylic acids is 1. The quantitative estimate of drug-likeness (QED) is 0.736. The lowest BCUT2D eigenvalue weighted by Gasteiger charge is -2.35. The van der Waals surface area contributed by atoms with Gasteiger partial charge in [0.25, 0.3) is 0 Å². The molecule has 1 unspecified atom stereocenters. The summed E-state index contributed by atoms with van der Waals surface area (Å²) in [5, 5.41) is 21.7. The first kappa shape index (κ1) is 19.2. The van der Waals surface area contributed by atoms with E-state index in [2.05, 4.69) is 5.32 Å². The van der Waals surface area contributed by atoms with Crippen molar-refractivity contribution in [3.05, 3.63) is 35.9 Å². The van der Waals surface area contributed by atoms with Gasteiger partial charge in [0.05, 0.1) is 5.92 Å². The van der Waals surface area contributed by atoms with Crippen LogP contribution < -0.4 is 5.32 Å². The fraction of sp³-hybridized carbons (Fsp3) is 0.579. The van der Waals surface area contributed by atoms with Crippen molar-refractivity contribution in [1.29, 1.82) is 0 Å². The number of benzene rings is 1. The molecule has 138 valence electrons. The van der Waals surface area contributed by atoms with Crippen LogP contribution in [0.15, 0.2) is 30.3 Å². The number of amides is 2. The third-order valence-corrected chi connectivity index (χ3v) is 5.14. The molecule has 1 fully saturated rings. The molecule has 1 atom stereocenters. The van der Waals surface area contributed by atoms with Crippen molar-refractivity contribution in [1.82, 2.24) is 10.2 Å². The van der Waals surface area contributed by atoms with Gasteiger partial charge in [0, 0.05) is 32.2 Å². The minimum atomic E-state index is -0.783. The van der Waals surface area contributed by atoms with Crippen LogP contribution in [0, 0.1) is 11.3 Å². The molecule has 1 aromatic carbocycles. The molecule has 1 aromatic rings. The van der Waals surface area contributed by atoms with Gasteiger partial charge in [-0.3, -0.25) is 4.79 Å². The predicted molar refractivity (Wildman–Crippen MR) is 95.4 cm³/mol. The summed E-state index contributed by atoms with van der Waals surface area (Å²) in [4.78, 5) is 25.1. The van der Waals surface area contributed by atoms with E-state index in [1.807, 2.05) is 44.2 Å². The molecule has 1 saturated heterocycles. The maximum Gasteiger partial charge on any atom is 0.317 e. The van der Waals surface area contributed by atoms with Crippen LogP contribution in [0.5, 0.6) is 0 Å². The van der Waals surface area contributed by atoms with E-state index < -0.39 is 5.97 Å². The topological polar surface area (TPSA) is 89.9 Å². The van der Waals surface area contributed by atoms with E-state index in [9.17, 15) is 14.7 Å². The van der Waals surface area contributed by atoms with E-state index in [4.69, 9.17) is 5.11 Å². The molecular weight excluding hydrogens is 320 g/mol. The number of piperidine rings is 1. The van der Waals surface area contributed by atoms with Crippen LogP contribution in [-0.2, 0) is 4.79 Å². The molecule has 1 heterocycles.